The SMILES string of the molecule is NC(=S)c1ccncc1N1CCCC1CO. The predicted molar refractivity (Wildman–Crippen MR) is 67.6 cm³/mol. The average Bonchev–Trinajstić information content (AvgIpc) is 2.76. The van der Waals surface area contributed by atoms with Crippen LogP contribution in [0.1, 0.15) is 18.4 Å². The number of aliphatic hydroxyl groups excluding tert-OH is 1. The normalized spacial score (nSPS) is 20.1. The van der Waals surface area contributed by atoms with Crippen LogP contribution in [0.25, 0.3) is 0 Å². The molecule has 0 saturated carbocycles. The van der Waals surface area contributed by atoms with Gasteiger partial charge >= 0.3 is 0 Å². The smallest absolute Gasteiger partial charge is 0.106 e. The number of thiocarbonyl (C=S) groups is 1. The maximum Gasteiger partial charge on any atom is 0.106 e. The minimum absolute atomic E-state index is 0.158. The van der Waals surface area contributed by atoms with Gasteiger partial charge in [0.2, 0.25) is 0 Å². The summed E-state index contributed by atoms with van der Waals surface area (Å²) in [6.07, 6.45) is 5.53. The predicted octanol–water partition coefficient (Wildman–Crippen LogP) is 0.677. The quantitative estimate of drug-likeness (QED) is 0.757. The van der Waals surface area contributed by atoms with Gasteiger partial charge in [0, 0.05) is 18.3 Å². The molecule has 1 aromatic heterocycles. The van der Waals surface area contributed by atoms with Crippen LogP contribution < -0.4 is 10.6 Å². The summed E-state index contributed by atoms with van der Waals surface area (Å²) in [5.74, 6) is 0. The van der Waals surface area contributed by atoms with E-state index in [9.17, 15) is 5.11 Å². The van der Waals surface area contributed by atoms with Gasteiger partial charge < -0.3 is 15.7 Å². The van der Waals surface area contributed by atoms with Gasteiger partial charge in [0.05, 0.1) is 24.5 Å². The molecule has 0 aromatic carbocycles. The van der Waals surface area contributed by atoms with Crippen molar-refractivity contribution in [2.45, 2.75) is 18.9 Å². The van der Waals surface area contributed by atoms with Crippen LogP contribution in [-0.4, -0.2) is 34.3 Å². The molecule has 0 bridgehead atoms. The topological polar surface area (TPSA) is 62.4 Å². The van der Waals surface area contributed by atoms with Crippen LogP contribution in [0.3, 0.4) is 0 Å². The lowest BCUT2D eigenvalue weighted by Gasteiger charge is -2.26. The number of nitrogens with zero attached hydrogens (tertiary/aromatic N) is 2. The lowest BCUT2D eigenvalue weighted by atomic mass is 10.2. The number of nitrogens with two attached hydrogens (primary N) is 1. The second kappa shape index (κ2) is 4.76. The van der Waals surface area contributed by atoms with Crippen LogP contribution in [0.2, 0.25) is 0 Å². The fourth-order valence-electron chi connectivity index (χ4n) is 2.17. The summed E-state index contributed by atoms with van der Waals surface area (Å²) >= 11 is 5.02. The van der Waals surface area contributed by atoms with Crippen LogP contribution in [0.4, 0.5) is 5.69 Å². The van der Waals surface area contributed by atoms with E-state index in [0.717, 1.165) is 30.6 Å². The first-order chi connectivity index (χ1) is 7.74. The maximum absolute atomic E-state index is 9.30. The van der Waals surface area contributed by atoms with Gasteiger partial charge in [-0.3, -0.25) is 4.98 Å². The van der Waals surface area contributed by atoms with E-state index in [1.165, 1.54) is 0 Å². The fourth-order valence-corrected chi connectivity index (χ4v) is 2.34. The van der Waals surface area contributed by atoms with Crippen molar-refractivity contribution in [2.75, 3.05) is 18.1 Å². The van der Waals surface area contributed by atoms with E-state index in [1.807, 2.05) is 6.07 Å². The van der Waals surface area contributed by atoms with E-state index in [2.05, 4.69) is 9.88 Å². The molecule has 1 aliphatic rings. The van der Waals surface area contributed by atoms with Gasteiger partial charge in [-0.2, -0.15) is 0 Å². The van der Waals surface area contributed by atoms with Gasteiger partial charge in [0.1, 0.15) is 4.99 Å². The lowest BCUT2D eigenvalue weighted by Crippen LogP contribution is -2.33. The van der Waals surface area contributed by atoms with E-state index in [-0.39, 0.29) is 12.6 Å². The maximum atomic E-state index is 9.30. The Morgan fingerprint density at radius 1 is 1.69 bits per heavy atom. The molecule has 1 atom stereocenters. The number of anilines is 1. The molecule has 0 aliphatic carbocycles. The van der Waals surface area contributed by atoms with Gasteiger partial charge in [-0.25, -0.2) is 0 Å². The van der Waals surface area contributed by atoms with Crippen molar-refractivity contribution in [3.05, 3.63) is 24.0 Å². The van der Waals surface area contributed by atoms with E-state index >= 15 is 0 Å². The third-order valence-corrected chi connectivity index (χ3v) is 3.18. The van der Waals surface area contributed by atoms with E-state index in [4.69, 9.17) is 18.0 Å². The molecule has 2 heterocycles. The Hall–Kier alpha value is -1.20. The zero-order valence-corrected chi connectivity index (χ0v) is 9.78. The molecular formula is C11H15N3OS. The standard InChI is InChI=1S/C11H15N3OS/c12-11(16)9-3-4-13-6-10(9)14-5-1-2-8(14)7-15/h3-4,6,8,15H,1-2,5,7H2,(H2,12,16). The molecule has 1 saturated heterocycles. The summed E-state index contributed by atoms with van der Waals surface area (Å²) in [6.45, 7) is 1.08. The van der Waals surface area contributed by atoms with E-state index in [0.29, 0.717) is 4.99 Å². The highest BCUT2D eigenvalue weighted by Crippen LogP contribution is 2.27. The molecule has 86 valence electrons. The second-order valence-electron chi connectivity index (χ2n) is 3.93. The number of hydrogen-bond donors (Lipinski definition) is 2. The average molecular weight is 237 g/mol. The van der Waals surface area contributed by atoms with Crippen LogP contribution in [-0.2, 0) is 0 Å². The van der Waals surface area contributed by atoms with Crippen molar-refractivity contribution in [1.82, 2.24) is 4.98 Å². The lowest BCUT2D eigenvalue weighted by molar-refractivity contribution is 0.266. The molecule has 4 nitrogen and oxygen atoms in total. The van der Waals surface area contributed by atoms with Crippen LogP contribution in [0.15, 0.2) is 18.5 Å². The zero-order valence-electron chi connectivity index (χ0n) is 8.97. The van der Waals surface area contributed by atoms with Crippen LogP contribution in [0.5, 0.6) is 0 Å². The van der Waals surface area contributed by atoms with Gasteiger partial charge in [0.15, 0.2) is 0 Å². The van der Waals surface area contributed by atoms with E-state index < -0.39 is 0 Å². The molecule has 0 radical (unpaired) electrons. The number of aromatic nitrogens is 1. The Kier molecular flexibility index (Phi) is 3.36. The first-order valence-electron chi connectivity index (χ1n) is 5.35. The third kappa shape index (κ3) is 2.01. The number of pyridine rings is 1. The summed E-state index contributed by atoms with van der Waals surface area (Å²) in [5.41, 5.74) is 7.46. The molecule has 1 fully saturated rings. The zero-order chi connectivity index (χ0) is 11.5. The Morgan fingerprint density at radius 2 is 2.50 bits per heavy atom. The molecule has 0 spiro atoms. The summed E-state index contributed by atoms with van der Waals surface area (Å²) in [5, 5.41) is 9.30. The van der Waals surface area contributed by atoms with Crippen LogP contribution >= 0.6 is 12.2 Å². The Bertz CT molecular complexity index is 397. The Balaban J connectivity index is 2.35. The third-order valence-electron chi connectivity index (χ3n) is 2.96. The highest BCUT2D eigenvalue weighted by atomic mass is 32.1. The molecule has 5 heteroatoms. The number of rotatable bonds is 3. The van der Waals surface area contributed by atoms with Crippen molar-refractivity contribution in [3.63, 3.8) is 0 Å². The summed E-state index contributed by atoms with van der Waals surface area (Å²) < 4.78 is 0. The minimum Gasteiger partial charge on any atom is -0.394 e. The molecule has 1 aliphatic heterocycles. The molecule has 1 unspecified atom stereocenters. The van der Waals surface area contributed by atoms with Gasteiger partial charge in [-0.05, 0) is 18.9 Å². The summed E-state index contributed by atoms with van der Waals surface area (Å²) in [7, 11) is 0. The summed E-state index contributed by atoms with van der Waals surface area (Å²) in [4.78, 5) is 6.62. The number of hydrogen-bond acceptors (Lipinski definition) is 4. The largest absolute Gasteiger partial charge is 0.394 e. The van der Waals surface area contributed by atoms with Crippen molar-refractivity contribution >= 4 is 22.9 Å². The molecule has 1 aromatic rings. The van der Waals surface area contributed by atoms with Crippen molar-refractivity contribution in [3.8, 4) is 0 Å². The first-order valence-corrected chi connectivity index (χ1v) is 5.76. The van der Waals surface area contributed by atoms with Crippen molar-refractivity contribution < 1.29 is 5.11 Å². The first kappa shape index (κ1) is 11.3. The minimum atomic E-state index is 0.158. The highest BCUT2D eigenvalue weighted by Gasteiger charge is 2.26. The van der Waals surface area contributed by atoms with Gasteiger partial charge in [-0.1, -0.05) is 12.2 Å². The van der Waals surface area contributed by atoms with Crippen molar-refractivity contribution in [1.29, 1.82) is 0 Å². The second-order valence-corrected chi connectivity index (χ2v) is 4.37. The summed E-state index contributed by atoms with van der Waals surface area (Å²) in [6, 6.07) is 1.99. The Morgan fingerprint density at radius 3 is 3.19 bits per heavy atom. The molecular weight excluding hydrogens is 222 g/mol. The van der Waals surface area contributed by atoms with Gasteiger partial charge in [-0.15, -0.1) is 0 Å². The van der Waals surface area contributed by atoms with Gasteiger partial charge in [0.25, 0.3) is 0 Å². The van der Waals surface area contributed by atoms with Crippen LogP contribution in [0, 0.1) is 0 Å². The molecule has 3 N–H and O–H groups in total. The highest BCUT2D eigenvalue weighted by molar-refractivity contribution is 7.80. The fraction of sp³-hybridized carbons (Fsp3) is 0.455. The Labute approximate surface area is 100 Å². The number of aliphatic hydroxyl groups is 1. The van der Waals surface area contributed by atoms with E-state index in [1.54, 1.807) is 12.4 Å². The molecule has 0 amide bonds. The molecule has 16 heavy (non-hydrogen) atoms. The monoisotopic (exact) mass is 237 g/mol. The molecule has 2 rings (SSSR count). The van der Waals surface area contributed by atoms with Crippen molar-refractivity contribution in [2.24, 2.45) is 5.73 Å².